The predicted molar refractivity (Wildman–Crippen MR) is 70.8 cm³/mol. The number of methoxy groups -OCH3 is 1. The van der Waals surface area contributed by atoms with Crippen LogP contribution in [0.3, 0.4) is 0 Å². The van der Waals surface area contributed by atoms with Crippen molar-refractivity contribution in [2.75, 3.05) is 19.9 Å². The second-order valence-electron chi connectivity index (χ2n) is 4.87. The van der Waals surface area contributed by atoms with Crippen molar-refractivity contribution in [2.24, 2.45) is 0 Å². The minimum absolute atomic E-state index is 0.0806. The van der Waals surface area contributed by atoms with Gasteiger partial charge >= 0.3 is 0 Å². The Balaban J connectivity index is 2.44. The minimum atomic E-state index is -3.51. The van der Waals surface area contributed by atoms with Gasteiger partial charge in [-0.2, -0.15) is 0 Å². The van der Waals surface area contributed by atoms with Crippen molar-refractivity contribution in [1.82, 2.24) is 5.32 Å². The Hall–Kier alpha value is -1.14. The van der Waals surface area contributed by atoms with Gasteiger partial charge in [-0.1, -0.05) is 0 Å². The Bertz CT molecular complexity index is 565. The first-order valence-electron chi connectivity index (χ1n) is 6.21. The molecule has 1 aliphatic heterocycles. The van der Waals surface area contributed by atoms with E-state index in [1.165, 1.54) is 13.2 Å². The predicted octanol–water partition coefficient (Wildman–Crippen LogP) is 1.53. The fourth-order valence-corrected chi connectivity index (χ4v) is 3.36. The monoisotopic (exact) mass is 287 g/mol. The Morgan fingerprint density at radius 2 is 2.21 bits per heavy atom. The molecular formula is C13H18FNO3S. The van der Waals surface area contributed by atoms with Crippen molar-refractivity contribution >= 4 is 9.84 Å². The maximum atomic E-state index is 13.6. The molecule has 1 aromatic carbocycles. The maximum Gasteiger partial charge on any atom is 0.179 e. The number of sulfone groups is 1. The van der Waals surface area contributed by atoms with Crippen LogP contribution in [-0.4, -0.2) is 34.4 Å². The lowest BCUT2D eigenvalue weighted by molar-refractivity contribution is 0.392. The summed E-state index contributed by atoms with van der Waals surface area (Å²) in [6.45, 7) is 0.946. The van der Waals surface area contributed by atoms with Gasteiger partial charge in [0.25, 0.3) is 0 Å². The summed E-state index contributed by atoms with van der Waals surface area (Å²) in [6.07, 6.45) is 3.72. The average molecular weight is 287 g/mol. The van der Waals surface area contributed by atoms with Crippen LogP contribution in [0.4, 0.5) is 4.39 Å². The van der Waals surface area contributed by atoms with E-state index in [0.29, 0.717) is 12.0 Å². The van der Waals surface area contributed by atoms with Crippen LogP contribution >= 0.6 is 0 Å². The number of nitrogens with one attached hydrogen (secondary N) is 1. The molecule has 106 valence electrons. The van der Waals surface area contributed by atoms with Crippen LogP contribution in [0.5, 0.6) is 5.75 Å². The summed E-state index contributed by atoms with van der Waals surface area (Å²) in [5.74, 6) is -0.285. The summed E-state index contributed by atoms with van der Waals surface area (Å²) in [7, 11) is -2.10. The van der Waals surface area contributed by atoms with Gasteiger partial charge in [-0.3, -0.25) is 0 Å². The molecule has 19 heavy (non-hydrogen) atoms. The van der Waals surface area contributed by atoms with Gasteiger partial charge < -0.3 is 10.1 Å². The van der Waals surface area contributed by atoms with E-state index >= 15 is 0 Å². The number of halogens is 1. The van der Waals surface area contributed by atoms with E-state index in [9.17, 15) is 12.8 Å². The van der Waals surface area contributed by atoms with Gasteiger partial charge in [0.05, 0.1) is 7.11 Å². The van der Waals surface area contributed by atoms with Crippen molar-refractivity contribution in [3.8, 4) is 5.75 Å². The molecule has 0 spiro atoms. The molecule has 2 rings (SSSR count). The number of hydrogen-bond acceptors (Lipinski definition) is 4. The zero-order valence-corrected chi connectivity index (χ0v) is 11.9. The van der Waals surface area contributed by atoms with Crippen molar-refractivity contribution in [1.29, 1.82) is 0 Å². The first kappa shape index (κ1) is 14.3. The highest BCUT2D eigenvalue weighted by molar-refractivity contribution is 7.90. The van der Waals surface area contributed by atoms with Gasteiger partial charge in [0.1, 0.15) is 16.5 Å². The molecule has 6 heteroatoms. The molecule has 1 unspecified atom stereocenters. The van der Waals surface area contributed by atoms with Crippen molar-refractivity contribution in [3.63, 3.8) is 0 Å². The third kappa shape index (κ3) is 3.25. The average Bonchev–Trinajstić information content (AvgIpc) is 2.80. The highest BCUT2D eigenvalue weighted by Crippen LogP contribution is 2.31. The molecule has 4 nitrogen and oxygen atoms in total. The van der Waals surface area contributed by atoms with Crippen LogP contribution in [0.1, 0.15) is 18.4 Å². The van der Waals surface area contributed by atoms with Gasteiger partial charge in [0, 0.05) is 12.3 Å². The highest BCUT2D eigenvalue weighted by Gasteiger charge is 2.23. The van der Waals surface area contributed by atoms with E-state index in [-0.39, 0.29) is 16.7 Å². The van der Waals surface area contributed by atoms with Gasteiger partial charge in [-0.05, 0) is 43.5 Å². The summed E-state index contributed by atoms with van der Waals surface area (Å²) >= 11 is 0. The summed E-state index contributed by atoms with van der Waals surface area (Å²) < 4.78 is 42.2. The minimum Gasteiger partial charge on any atom is -0.495 e. The van der Waals surface area contributed by atoms with Crippen LogP contribution in [-0.2, 0) is 16.3 Å². The summed E-state index contributed by atoms with van der Waals surface area (Å²) in [5.41, 5.74) is 0.599. The lowest BCUT2D eigenvalue weighted by Crippen LogP contribution is -2.24. The fraction of sp³-hybridized carbons (Fsp3) is 0.538. The van der Waals surface area contributed by atoms with Gasteiger partial charge in [-0.25, -0.2) is 12.8 Å². The summed E-state index contributed by atoms with van der Waals surface area (Å²) in [5, 5.41) is 3.31. The van der Waals surface area contributed by atoms with Crippen molar-refractivity contribution < 1.29 is 17.5 Å². The number of ether oxygens (including phenoxy) is 1. The molecular weight excluding hydrogens is 269 g/mol. The third-order valence-corrected chi connectivity index (χ3v) is 4.43. The zero-order chi connectivity index (χ0) is 14.0. The quantitative estimate of drug-likeness (QED) is 0.912. The zero-order valence-electron chi connectivity index (χ0n) is 11.1. The van der Waals surface area contributed by atoms with E-state index in [2.05, 4.69) is 5.32 Å². The third-order valence-electron chi connectivity index (χ3n) is 3.33. The normalized spacial score (nSPS) is 19.6. The largest absolute Gasteiger partial charge is 0.495 e. The molecule has 0 bridgehead atoms. The van der Waals surface area contributed by atoms with E-state index in [4.69, 9.17) is 4.74 Å². The van der Waals surface area contributed by atoms with Gasteiger partial charge in [-0.15, -0.1) is 0 Å². The fourth-order valence-electron chi connectivity index (χ4n) is 2.48. The van der Waals surface area contributed by atoms with Gasteiger partial charge in [0.2, 0.25) is 0 Å². The molecule has 1 heterocycles. The number of rotatable bonds is 4. The van der Waals surface area contributed by atoms with Crippen molar-refractivity contribution in [2.45, 2.75) is 30.2 Å². The lowest BCUT2D eigenvalue weighted by atomic mass is 10.0. The molecule has 0 saturated carbocycles. The molecule has 0 radical (unpaired) electrons. The van der Waals surface area contributed by atoms with Crippen LogP contribution < -0.4 is 10.1 Å². The SMILES string of the molecule is COc1c(CC2CCCN2)cc(F)cc1S(C)(=O)=O. The van der Waals surface area contributed by atoms with E-state index in [0.717, 1.165) is 31.7 Å². The molecule has 1 aromatic rings. The smallest absolute Gasteiger partial charge is 0.179 e. The second kappa shape index (κ2) is 5.46. The van der Waals surface area contributed by atoms with E-state index in [1.54, 1.807) is 0 Å². The maximum absolute atomic E-state index is 13.6. The first-order chi connectivity index (χ1) is 8.91. The first-order valence-corrected chi connectivity index (χ1v) is 8.11. The molecule has 0 amide bonds. The summed E-state index contributed by atoms with van der Waals surface area (Å²) in [6, 6.07) is 2.62. The van der Waals surface area contributed by atoms with Crippen LogP contribution in [0.2, 0.25) is 0 Å². The number of hydrogen-bond donors (Lipinski definition) is 1. The number of benzene rings is 1. The lowest BCUT2D eigenvalue weighted by Gasteiger charge is -2.16. The van der Waals surface area contributed by atoms with Gasteiger partial charge in [0.15, 0.2) is 9.84 Å². The molecule has 1 aliphatic rings. The molecule has 0 aromatic heterocycles. The Morgan fingerprint density at radius 1 is 1.47 bits per heavy atom. The van der Waals surface area contributed by atoms with Crippen molar-refractivity contribution in [3.05, 3.63) is 23.5 Å². The molecule has 1 N–H and O–H groups in total. The van der Waals surface area contributed by atoms with E-state index in [1.807, 2.05) is 0 Å². The Labute approximate surface area is 112 Å². The van der Waals surface area contributed by atoms with E-state index < -0.39 is 15.7 Å². The Kier molecular flexibility index (Phi) is 4.10. The Morgan fingerprint density at radius 3 is 2.74 bits per heavy atom. The van der Waals surface area contributed by atoms with Crippen LogP contribution in [0.15, 0.2) is 17.0 Å². The molecule has 0 aliphatic carbocycles. The summed E-state index contributed by atoms with van der Waals surface area (Å²) in [4.78, 5) is -0.0806. The molecule has 1 saturated heterocycles. The highest BCUT2D eigenvalue weighted by atomic mass is 32.2. The van der Waals surface area contributed by atoms with Crippen LogP contribution in [0.25, 0.3) is 0 Å². The van der Waals surface area contributed by atoms with Crippen LogP contribution in [0, 0.1) is 5.82 Å². The standard InChI is InChI=1S/C13H18FNO3S/c1-18-13-9(7-11-4-3-5-15-11)6-10(14)8-12(13)19(2,16)17/h6,8,11,15H,3-5,7H2,1-2H3. The molecule has 1 fully saturated rings. The molecule has 1 atom stereocenters. The second-order valence-corrected chi connectivity index (χ2v) is 6.85. The topological polar surface area (TPSA) is 55.4 Å².